The summed E-state index contributed by atoms with van der Waals surface area (Å²) < 4.78 is 0. The molecule has 0 atom stereocenters. The molecular formula is C10H13N2O2. The molecule has 2 amide bonds. The summed E-state index contributed by atoms with van der Waals surface area (Å²) >= 11 is 0. The zero-order chi connectivity index (χ0) is 10.4. The van der Waals surface area contributed by atoms with Crippen LogP contribution < -0.4 is 10.8 Å². The molecule has 4 heteroatoms. The van der Waals surface area contributed by atoms with Crippen LogP contribution in [0.1, 0.15) is 13.8 Å². The minimum atomic E-state index is -0.495. The average molecular weight is 193 g/mol. The number of amides is 2. The van der Waals surface area contributed by atoms with Crippen LogP contribution in [0.3, 0.4) is 0 Å². The Morgan fingerprint density at radius 1 is 1.36 bits per heavy atom. The summed E-state index contributed by atoms with van der Waals surface area (Å²) in [5.74, 6) is 0. The predicted molar refractivity (Wildman–Crippen MR) is 53.8 cm³/mol. The van der Waals surface area contributed by atoms with E-state index in [2.05, 4.69) is 10.8 Å². The van der Waals surface area contributed by atoms with E-state index < -0.39 is 6.03 Å². The molecule has 1 radical (unpaired) electrons. The highest BCUT2D eigenvalue weighted by atomic mass is 16.7. The van der Waals surface area contributed by atoms with Crippen LogP contribution in [0.15, 0.2) is 30.3 Å². The van der Waals surface area contributed by atoms with Gasteiger partial charge in [0.1, 0.15) is 0 Å². The number of urea groups is 1. The lowest BCUT2D eigenvalue weighted by Crippen LogP contribution is -2.24. The Kier molecular flexibility index (Phi) is 3.94. The maximum Gasteiger partial charge on any atom is 0.368 e. The van der Waals surface area contributed by atoms with E-state index in [1.165, 1.54) is 0 Å². The number of carbonyl (C=O) groups excluding carboxylic acids is 1. The van der Waals surface area contributed by atoms with Crippen molar-refractivity contribution in [1.29, 1.82) is 0 Å². The molecular weight excluding hydrogens is 180 g/mol. The topological polar surface area (TPSA) is 52.4 Å². The van der Waals surface area contributed by atoms with Crippen molar-refractivity contribution in [2.45, 2.75) is 20.0 Å². The maximum atomic E-state index is 11.1. The van der Waals surface area contributed by atoms with Gasteiger partial charge in [0.25, 0.3) is 0 Å². The lowest BCUT2D eigenvalue weighted by atomic mass is 10.3. The second-order valence-electron chi connectivity index (χ2n) is 3.04. The van der Waals surface area contributed by atoms with E-state index in [0.717, 1.165) is 0 Å². The van der Waals surface area contributed by atoms with Gasteiger partial charge in [0.05, 0.1) is 6.10 Å². The highest BCUT2D eigenvalue weighted by Gasteiger charge is 2.04. The van der Waals surface area contributed by atoms with E-state index in [1.807, 2.05) is 18.2 Å². The Morgan fingerprint density at radius 2 is 2.00 bits per heavy atom. The van der Waals surface area contributed by atoms with Crippen molar-refractivity contribution in [2.75, 3.05) is 5.32 Å². The van der Waals surface area contributed by atoms with Gasteiger partial charge >= 0.3 is 6.03 Å². The third kappa shape index (κ3) is 3.91. The molecule has 0 aromatic heterocycles. The molecule has 1 rings (SSSR count). The summed E-state index contributed by atoms with van der Waals surface area (Å²) in [6.45, 7) is 3.61. The number of nitrogens with one attached hydrogen (secondary N) is 1. The minimum Gasteiger partial charge on any atom is -0.304 e. The van der Waals surface area contributed by atoms with Crippen molar-refractivity contribution in [1.82, 2.24) is 5.48 Å². The largest absolute Gasteiger partial charge is 0.368 e. The number of rotatable bonds is 3. The Morgan fingerprint density at radius 3 is 2.57 bits per heavy atom. The fourth-order valence-corrected chi connectivity index (χ4v) is 0.821. The number of para-hydroxylation sites is 1. The number of anilines is 1. The van der Waals surface area contributed by atoms with E-state index >= 15 is 0 Å². The van der Waals surface area contributed by atoms with E-state index in [4.69, 9.17) is 4.84 Å². The molecule has 1 aromatic rings. The number of hydrogen-bond acceptors (Lipinski definition) is 2. The number of carbonyl (C=O) groups is 1. The third-order valence-electron chi connectivity index (χ3n) is 1.37. The smallest absolute Gasteiger partial charge is 0.304 e. The Hall–Kier alpha value is -1.55. The molecule has 0 saturated heterocycles. The highest BCUT2D eigenvalue weighted by molar-refractivity contribution is 5.88. The van der Waals surface area contributed by atoms with Crippen LogP contribution in [0.5, 0.6) is 0 Å². The van der Waals surface area contributed by atoms with Crippen LogP contribution in [-0.2, 0) is 4.84 Å². The van der Waals surface area contributed by atoms with Gasteiger partial charge in [-0.3, -0.25) is 0 Å². The van der Waals surface area contributed by atoms with Crippen LogP contribution in [-0.4, -0.2) is 12.1 Å². The quantitative estimate of drug-likeness (QED) is 0.748. The molecule has 0 aliphatic carbocycles. The normalized spacial score (nSPS) is 9.93. The van der Waals surface area contributed by atoms with Crippen LogP contribution in [0.4, 0.5) is 10.5 Å². The Labute approximate surface area is 83.2 Å². The predicted octanol–water partition coefficient (Wildman–Crippen LogP) is 2.16. The van der Waals surface area contributed by atoms with Crippen LogP contribution in [0, 0.1) is 0 Å². The van der Waals surface area contributed by atoms with Gasteiger partial charge in [-0.2, -0.15) is 0 Å². The summed E-state index contributed by atoms with van der Waals surface area (Å²) in [7, 11) is 0. The zero-order valence-corrected chi connectivity index (χ0v) is 8.23. The average Bonchev–Trinajstić information content (AvgIpc) is 2.16. The summed E-state index contributed by atoms with van der Waals surface area (Å²) in [5.41, 5.74) is 4.07. The van der Waals surface area contributed by atoms with E-state index in [0.29, 0.717) is 5.69 Å². The first-order valence-electron chi connectivity index (χ1n) is 4.41. The first-order valence-corrected chi connectivity index (χ1v) is 4.41. The molecule has 14 heavy (non-hydrogen) atoms. The fraction of sp³-hybridized carbons (Fsp3) is 0.300. The van der Waals surface area contributed by atoms with Gasteiger partial charge in [-0.1, -0.05) is 23.7 Å². The van der Waals surface area contributed by atoms with Gasteiger partial charge in [0, 0.05) is 5.69 Å². The van der Waals surface area contributed by atoms with Gasteiger partial charge in [-0.05, 0) is 26.0 Å². The molecule has 1 aromatic carbocycles. The SMILES string of the molecule is CC(C)O[N]C(=O)Nc1ccccc1. The molecule has 4 nitrogen and oxygen atoms in total. The van der Waals surface area contributed by atoms with Crippen molar-refractivity contribution in [2.24, 2.45) is 0 Å². The molecule has 0 bridgehead atoms. The fourth-order valence-electron chi connectivity index (χ4n) is 0.821. The minimum absolute atomic E-state index is 0.0866. The molecule has 0 saturated carbocycles. The summed E-state index contributed by atoms with van der Waals surface area (Å²) in [6.07, 6.45) is -0.0866. The van der Waals surface area contributed by atoms with Gasteiger partial charge in [-0.25, -0.2) is 9.63 Å². The van der Waals surface area contributed by atoms with Gasteiger partial charge < -0.3 is 5.32 Å². The molecule has 0 aliphatic rings. The highest BCUT2D eigenvalue weighted by Crippen LogP contribution is 2.04. The molecule has 0 spiro atoms. The standard InChI is InChI=1S/C10H13N2O2/c1-8(2)14-12-10(13)11-9-6-4-3-5-7-9/h3-8H,1-2H3,(H,11,13). The van der Waals surface area contributed by atoms with E-state index in [1.54, 1.807) is 26.0 Å². The summed E-state index contributed by atoms with van der Waals surface area (Å²) in [5, 5.41) is 2.57. The zero-order valence-electron chi connectivity index (χ0n) is 8.23. The summed E-state index contributed by atoms with van der Waals surface area (Å²) in [6, 6.07) is 8.60. The van der Waals surface area contributed by atoms with Crippen molar-refractivity contribution in [3.63, 3.8) is 0 Å². The maximum absolute atomic E-state index is 11.1. The van der Waals surface area contributed by atoms with E-state index in [9.17, 15) is 4.79 Å². The first kappa shape index (κ1) is 10.5. The Balaban J connectivity index is 2.35. The lowest BCUT2D eigenvalue weighted by molar-refractivity contribution is 0.0134. The number of hydrogen-bond donors (Lipinski definition) is 1. The number of nitrogens with zero attached hydrogens (tertiary/aromatic N) is 1. The molecule has 0 fully saturated rings. The molecule has 1 N–H and O–H groups in total. The second-order valence-corrected chi connectivity index (χ2v) is 3.04. The van der Waals surface area contributed by atoms with Crippen molar-refractivity contribution < 1.29 is 9.63 Å². The van der Waals surface area contributed by atoms with Gasteiger partial charge in [0.2, 0.25) is 0 Å². The van der Waals surface area contributed by atoms with E-state index in [-0.39, 0.29) is 6.10 Å². The molecule has 0 unspecified atom stereocenters. The Bertz CT molecular complexity index is 285. The first-order chi connectivity index (χ1) is 6.68. The number of benzene rings is 1. The van der Waals surface area contributed by atoms with Gasteiger partial charge in [0.15, 0.2) is 0 Å². The van der Waals surface area contributed by atoms with Crippen LogP contribution >= 0.6 is 0 Å². The van der Waals surface area contributed by atoms with Crippen molar-refractivity contribution in [3.05, 3.63) is 30.3 Å². The molecule has 0 heterocycles. The van der Waals surface area contributed by atoms with Gasteiger partial charge in [-0.15, -0.1) is 0 Å². The third-order valence-corrected chi connectivity index (χ3v) is 1.37. The number of hydroxylamine groups is 1. The van der Waals surface area contributed by atoms with Crippen molar-refractivity contribution >= 4 is 11.7 Å². The van der Waals surface area contributed by atoms with Crippen LogP contribution in [0.2, 0.25) is 0 Å². The molecule has 0 aliphatic heterocycles. The van der Waals surface area contributed by atoms with Crippen LogP contribution in [0.25, 0.3) is 0 Å². The second kappa shape index (κ2) is 5.24. The lowest BCUT2D eigenvalue weighted by Gasteiger charge is -2.06. The molecule has 75 valence electrons. The summed E-state index contributed by atoms with van der Waals surface area (Å²) in [4.78, 5) is 15.9. The monoisotopic (exact) mass is 193 g/mol. The van der Waals surface area contributed by atoms with Crippen molar-refractivity contribution in [3.8, 4) is 0 Å².